The Morgan fingerprint density at radius 3 is 2.57 bits per heavy atom. The van der Waals surface area contributed by atoms with E-state index >= 15 is 0 Å². The molecule has 2 amide bonds. The number of nitrogens with zero attached hydrogens (tertiary/aromatic N) is 3. The molecule has 1 aromatic carbocycles. The molecule has 0 radical (unpaired) electrons. The van der Waals surface area contributed by atoms with Crippen molar-refractivity contribution in [3.05, 3.63) is 51.7 Å². The molecule has 1 aliphatic rings. The van der Waals surface area contributed by atoms with Gasteiger partial charge in [0, 0.05) is 11.4 Å². The van der Waals surface area contributed by atoms with Crippen LogP contribution in [-0.4, -0.2) is 52.0 Å². The Morgan fingerprint density at radius 1 is 1.05 bits per heavy atom. The molecule has 2 heterocycles. The fourth-order valence-corrected chi connectivity index (χ4v) is 6.89. The zero-order valence-electron chi connectivity index (χ0n) is 24.5. The Morgan fingerprint density at radius 2 is 1.83 bits per heavy atom. The fourth-order valence-electron chi connectivity index (χ4n) is 4.81. The number of aryl methyl sites for hydroxylation is 1. The summed E-state index contributed by atoms with van der Waals surface area (Å²) in [4.78, 5) is 39.6. The molecule has 2 N–H and O–H groups in total. The highest BCUT2D eigenvalue weighted by atomic mass is 32.2. The zero-order valence-corrected chi connectivity index (χ0v) is 26.1. The lowest BCUT2D eigenvalue weighted by molar-refractivity contribution is -0.120. The predicted molar refractivity (Wildman–Crippen MR) is 164 cm³/mol. The Balaban J connectivity index is 1.38. The molecule has 0 spiro atoms. The first-order valence-electron chi connectivity index (χ1n) is 14.5. The van der Waals surface area contributed by atoms with Crippen molar-refractivity contribution in [2.24, 2.45) is 0 Å². The van der Waals surface area contributed by atoms with Crippen molar-refractivity contribution in [2.45, 2.75) is 83.5 Å². The zero-order chi connectivity index (χ0) is 29.9. The minimum Gasteiger partial charge on any atom is -0.497 e. The van der Waals surface area contributed by atoms with Gasteiger partial charge in [0.15, 0.2) is 11.0 Å². The van der Waals surface area contributed by atoms with E-state index in [9.17, 15) is 14.4 Å². The molecule has 0 bridgehead atoms. The van der Waals surface area contributed by atoms with Crippen LogP contribution in [0.2, 0.25) is 0 Å². The van der Waals surface area contributed by atoms with Gasteiger partial charge in [-0.3, -0.25) is 9.59 Å². The summed E-state index contributed by atoms with van der Waals surface area (Å²) in [6.07, 6.45) is 7.11. The van der Waals surface area contributed by atoms with Gasteiger partial charge in [0.2, 0.25) is 11.8 Å². The molecule has 2 aromatic heterocycles. The standard InChI is InChI=1S/C30H39N5O5S2/c1-4-6-16-35-24(18-31-25(36)17-20-12-14-21(39-3)15-13-20)33-34-30(35)41-19-26(37)32-28-27(29(38)40-5-2)22-10-8-7-9-11-23(22)42-28/h12-15H,4-11,16-19H2,1-3H3,(H,31,36)(H,32,37). The van der Waals surface area contributed by atoms with Crippen LogP contribution >= 0.6 is 23.1 Å². The van der Waals surface area contributed by atoms with E-state index in [1.165, 1.54) is 23.1 Å². The van der Waals surface area contributed by atoms with Crippen LogP contribution in [0.3, 0.4) is 0 Å². The van der Waals surface area contributed by atoms with Gasteiger partial charge in [-0.1, -0.05) is 43.7 Å². The van der Waals surface area contributed by atoms with Crippen molar-refractivity contribution in [1.29, 1.82) is 0 Å². The van der Waals surface area contributed by atoms with Gasteiger partial charge in [0.1, 0.15) is 10.8 Å². The lowest BCUT2D eigenvalue weighted by Gasteiger charge is -2.11. The summed E-state index contributed by atoms with van der Waals surface area (Å²) in [5.41, 5.74) is 2.42. The van der Waals surface area contributed by atoms with Gasteiger partial charge in [0.25, 0.3) is 0 Å². The minimum atomic E-state index is -0.377. The summed E-state index contributed by atoms with van der Waals surface area (Å²) in [7, 11) is 1.61. The molecular formula is C30H39N5O5S2. The Labute approximate surface area is 255 Å². The molecule has 0 unspecified atom stereocenters. The molecule has 0 atom stereocenters. The number of thiophene rings is 1. The maximum atomic E-state index is 13.1. The molecular weight excluding hydrogens is 574 g/mol. The van der Waals surface area contributed by atoms with Gasteiger partial charge >= 0.3 is 5.97 Å². The summed E-state index contributed by atoms with van der Waals surface area (Å²) < 4.78 is 12.5. The number of amides is 2. The van der Waals surface area contributed by atoms with Gasteiger partial charge in [-0.05, 0) is 62.3 Å². The number of esters is 1. The summed E-state index contributed by atoms with van der Waals surface area (Å²) in [6, 6.07) is 7.39. The van der Waals surface area contributed by atoms with E-state index < -0.39 is 0 Å². The van der Waals surface area contributed by atoms with Crippen molar-refractivity contribution in [3.8, 4) is 5.75 Å². The topological polar surface area (TPSA) is 124 Å². The number of fused-ring (bicyclic) bond motifs is 1. The normalized spacial score (nSPS) is 12.7. The molecule has 226 valence electrons. The molecule has 3 aromatic rings. The van der Waals surface area contributed by atoms with Crippen LogP contribution in [0.4, 0.5) is 5.00 Å². The van der Waals surface area contributed by atoms with E-state index in [1.54, 1.807) is 14.0 Å². The molecule has 10 nitrogen and oxygen atoms in total. The van der Waals surface area contributed by atoms with Crippen molar-refractivity contribution < 1.29 is 23.9 Å². The maximum absolute atomic E-state index is 13.1. The molecule has 4 rings (SSSR count). The van der Waals surface area contributed by atoms with Gasteiger partial charge in [-0.2, -0.15) is 0 Å². The number of methoxy groups -OCH3 is 1. The maximum Gasteiger partial charge on any atom is 0.341 e. The first-order chi connectivity index (χ1) is 20.4. The van der Waals surface area contributed by atoms with Gasteiger partial charge in [0.05, 0.1) is 38.0 Å². The second-order valence-electron chi connectivity index (χ2n) is 10.0. The smallest absolute Gasteiger partial charge is 0.341 e. The predicted octanol–water partition coefficient (Wildman–Crippen LogP) is 5.18. The number of carbonyl (C=O) groups is 3. The minimum absolute atomic E-state index is 0.110. The second kappa shape index (κ2) is 15.7. The number of rotatable bonds is 14. The van der Waals surface area contributed by atoms with Crippen LogP contribution in [0.1, 0.15) is 78.1 Å². The Hall–Kier alpha value is -3.38. The van der Waals surface area contributed by atoms with Crippen LogP contribution < -0.4 is 15.4 Å². The number of unbranched alkanes of at least 4 members (excludes halogenated alkanes) is 1. The Kier molecular flexibility index (Phi) is 11.8. The summed E-state index contributed by atoms with van der Waals surface area (Å²) in [5, 5.41) is 15.7. The lowest BCUT2D eigenvalue weighted by atomic mass is 10.1. The number of hydrogen-bond donors (Lipinski definition) is 2. The molecule has 12 heteroatoms. The van der Waals surface area contributed by atoms with E-state index in [4.69, 9.17) is 9.47 Å². The summed E-state index contributed by atoms with van der Waals surface area (Å²) >= 11 is 2.78. The number of benzene rings is 1. The van der Waals surface area contributed by atoms with Crippen LogP contribution in [0.5, 0.6) is 5.75 Å². The third-order valence-corrected chi connectivity index (χ3v) is 9.16. The average molecular weight is 614 g/mol. The summed E-state index contributed by atoms with van der Waals surface area (Å²) in [6.45, 7) is 5.09. The third-order valence-electron chi connectivity index (χ3n) is 6.98. The largest absolute Gasteiger partial charge is 0.497 e. The number of carbonyl (C=O) groups excluding carboxylic acids is 3. The second-order valence-corrected chi connectivity index (χ2v) is 12.1. The molecule has 0 fully saturated rings. The lowest BCUT2D eigenvalue weighted by Crippen LogP contribution is -2.26. The molecule has 0 saturated heterocycles. The van der Waals surface area contributed by atoms with Gasteiger partial charge in [-0.25, -0.2) is 4.79 Å². The van der Waals surface area contributed by atoms with E-state index in [1.807, 2.05) is 28.8 Å². The monoisotopic (exact) mass is 613 g/mol. The fraction of sp³-hybridized carbons (Fsp3) is 0.500. The van der Waals surface area contributed by atoms with Crippen molar-refractivity contribution >= 4 is 45.9 Å². The number of ether oxygens (including phenoxy) is 2. The number of aromatic nitrogens is 3. The van der Waals surface area contributed by atoms with Crippen LogP contribution in [-0.2, 0) is 46.7 Å². The molecule has 1 aliphatic carbocycles. The van der Waals surface area contributed by atoms with Crippen molar-refractivity contribution in [2.75, 3.05) is 24.8 Å². The van der Waals surface area contributed by atoms with E-state index in [0.717, 1.165) is 66.7 Å². The number of nitrogens with one attached hydrogen (secondary N) is 2. The van der Waals surface area contributed by atoms with Crippen LogP contribution in [0.25, 0.3) is 0 Å². The summed E-state index contributed by atoms with van der Waals surface area (Å²) in [5.74, 6) is 0.774. The highest BCUT2D eigenvalue weighted by Gasteiger charge is 2.27. The van der Waals surface area contributed by atoms with Crippen molar-refractivity contribution in [3.63, 3.8) is 0 Å². The Bertz CT molecular complexity index is 1370. The average Bonchev–Trinajstić information content (AvgIpc) is 3.45. The van der Waals surface area contributed by atoms with Crippen molar-refractivity contribution in [1.82, 2.24) is 20.1 Å². The number of hydrogen-bond acceptors (Lipinski definition) is 9. The van der Waals surface area contributed by atoms with E-state index in [2.05, 4.69) is 27.8 Å². The molecule has 0 saturated carbocycles. The van der Waals surface area contributed by atoms with Gasteiger partial charge < -0.3 is 24.7 Å². The van der Waals surface area contributed by atoms with Crippen LogP contribution in [0, 0.1) is 0 Å². The highest BCUT2D eigenvalue weighted by molar-refractivity contribution is 7.99. The highest BCUT2D eigenvalue weighted by Crippen LogP contribution is 2.38. The first-order valence-corrected chi connectivity index (χ1v) is 16.3. The number of anilines is 1. The molecule has 42 heavy (non-hydrogen) atoms. The third kappa shape index (κ3) is 8.34. The van der Waals surface area contributed by atoms with Gasteiger partial charge in [-0.15, -0.1) is 21.5 Å². The van der Waals surface area contributed by atoms with E-state index in [0.29, 0.717) is 28.1 Å². The molecule has 0 aliphatic heterocycles. The SMILES string of the molecule is CCCCn1c(CNC(=O)Cc2ccc(OC)cc2)nnc1SCC(=O)Nc1sc2c(c1C(=O)OCC)CCCCC2. The van der Waals surface area contributed by atoms with Crippen LogP contribution in [0.15, 0.2) is 29.4 Å². The first kappa shape index (κ1) is 31.6. The quantitative estimate of drug-likeness (QED) is 0.145. The van der Waals surface area contributed by atoms with E-state index in [-0.39, 0.29) is 43.1 Å². The number of thioether (sulfide) groups is 1.